The van der Waals surface area contributed by atoms with E-state index in [1.165, 1.54) is 0 Å². The highest BCUT2D eigenvalue weighted by atomic mass is 32.2. The summed E-state index contributed by atoms with van der Waals surface area (Å²) in [4.78, 5) is 22.5. The van der Waals surface area contributed by atoms with Crippen molar-refractivity contribution in [1.29, 1.82) is 0 Å². The van der Waals surface area contributed by atoms with E-state index >= 15 is 0 Å². The first kappa shape index (κ1) is 17.6. The number of thioether (sulfide) groups is 1. The first-order valence-electron chi connectivity index (χ1n) is 6.93. The summed E-state index contributed by atoms with van der Waals surface area (Å²) in [6.07, 6.45) is 0.105. The zero-order chi connectivity index (χ0) is 16.0. The number of carbonyl (C=O) groups excluding carboxylic acids is 1. The van der Waals surface area contributed by atoms with Crippen LogP contribution in [0.3, 0.4) is 0 Å². The molecule has 0 aliphatic rings. The molecule has 0 fully saturated rings. The van der Waals surface area contributed by atoms with Gasteiger partial charge in [0.05, 0.1) is 12.2 Å². The van der Waals surface area contributed by atoms with Gasteiger partial charge >= 0.3 is 5.97 Å². The van der Waals surface area contributed by atoms with Crippen LogP contribution in [-0.4, -0.2) is 27.5 Å². The third kappa shape index (κ3) is 7.18. The molecule has 0 aliphatic heterocycles. The maximum absolute atomic E-state index is 11.8. The van der Waals surface area contributed by atoms with E-state index in [-0.39, 0.29) is 23.0 Å². The second-order valence-corrected chi connectivity index (χ2v) is 7.87. The van der Waals surface area contributed by atoms with E-state index in [4.69, 9.17) is 5.11 Å². The second kappa shape index (κ2) is 7.50. The van der Waals surface area contributed by atoms with Crippen LogP contribution in [0.2, 0.25) is 0 Å². The molecule has 1 atom stereocenters. The highest BCUT2D eigenvalue weighted by Gasteiger charge is 2.14. The normalized spacial score (nSPS) is 12.8. The van der Waals surface area contributed by atoms with Gasteiger partial charge in [-0.15, -0.1) is 11.8 Å². The standard InChI is InChI=1S/C16H23NO3S/c1-11(9-15(19)20)12-5-7-13(8-6-12)17-14(18)10-21-16(2,3)4/h5-8,11H,9-10H2,1-4H3,(H,17,18)(H,19,20). The Morgan fingerprint density at radius 2 is 1.81 bits per heavy atom. The van der Waals surface area contributed by atoms with E-state index in [1.54, 1.807) is 11.8 Å². The number of benzene rings is 1. The smallest absolute Gasteiger partial charge is 0.303 e. The number of hydrogen-bond donors (Lipinski definition) is 2. The zero-order valence-corrected chi connectivity index (χ0v) is 13.8. The quantitative estimate of drug-likeness (QED) is 0.840. The molecule has 2 N–H and O–H groups in total. The molecule has 21 heavy (non-hydrogen) atoms. The average Bonchev–Trinajstić information content (AvgIpc) is 2.35. The molecule has 5 heteroatoms. The molecular weight excluding hydrogens is 286 g/mol. The Balaban J connectivity index is 2.54. The first-order chi connectivity index (χ1) is 9.67. The molecule has 0 spiro atoms. The lowest BCUT2D eigenvalue weighted by molar-refractivity contribution is -0.137. The van der Waals surface area contributed by atoms with Crippen LogP contribution in [-0.2, 0) is 9.59 Å². The maximum Gasteiger partial charge on any atom is 0.303 e. The van der Waals surface area contributed by atoms with Crippen LogP contribution < -0.4 is 5.32 Å². The molecule has 116 valence electrons. The molecule has 4 nitrogen and oxygen atoms in total. The van der Waals surface area contributed by atoms with Crippen LogP contribution in [0.1, 0.15) is 45.6 Å². The number of amides is 1. The molecule has 1 unspecified atom stereocenters. The second-order valence-electron chi connectivity index (χ2n) is 6.07. The van der Waals surface area contributed by atoms with E-state index in [2.05, 4.69) is 26.1 Å². The van der Waals surface area contributed by atoms with Gasteiger partial charge in [0, 0.05) is 10.4 Å². The highest BCUT2D eigenvalue weighted by molar-refractivity contribution is 8.01. The van der Waals surface area contributed by atoms with E-state index in [1.807, 2.05) is 31.2 Å². The molecule has 0 bridgehead atoms. The van der Waals surface area contributed by atoms with Crippen LogP contribution in [0.5, 0.6) is 0 Å². The molecule has 1 aromatic rings. The summed E-state index contributed by atoms with van der Waals surface area (Å²) >= 11 is 1.60. The maximum atomic E-state index is 11.8. The van der Waals surface area contributed by atoms with Crippen molar-refractivity contribution in [3.8, 4) is 0 Å². The molecule has 0 radical (unpaired) electrons. The SMILES string of the molecule is CC(CC(=O)O)c1ccc(NC(=O)CSC(C)(C)C)cc1. The average molecular weight is 309 g/mol. The third-order valence-electron chi connectivity index (χ3n) is 2.88. The molecule has 0 heterocycles. The molecule has 0 aliphatic carbocycles. The Kier molecular flexibility index (Phi) is 6.27. The fourth-order valence-electron chi connectivity index (χ4n) is 1.75. The van der Waals surface area contributed by atoms with Crippen molar-refractivity contribution in [1.82, 2.24) is 0 Å². The summed E-state index contributed by atoms with van der Waals surface area (Å²) in [6.45, 7) is 8.10. The van der Waals surface area contributed by atoms with Crippen LogP contribution in [0.25, 0.3) is 0 Å². The van der Waals surface area contributed by atoms with E-state index in [0.717, 1.165) is 11.3 Å². The monoisotopic (exact) mass is 309 g/mol. The van der Waals surface area contributed by atoms with Crippen LogP contribution in [0.4, 0.5) is 5.69 Å². The first-order valence-corrected chi connectivity index (χ1v) is 7.91. The van der Waals surface area contributed by atoms with Crippen molar-refractivity contribution in [2.45, 2.75) is 44.8 Å². The van der Waals surface area contributed by atoms with Gasteiger partial charge in [0.15, 0.2) is 0 Å². The summed E-state index contributed by atoms with van der Waals surface area (Å²) in [5, 5.41) is 11.6. The van der Waals surface area contributed by atoms with Gasteiger partial charge in [-0.05, 0) is 23.6 Å². The largest absolute Gasteiger partial charge is 0.481 e. The van der Waals surface area contributed by atoms with E-state index < -0.39 is 5.97 Å². The van der Waals surface area contributed by atoms with Crippen molar-refractivity contribution in [2.75, 3.05) is 11.1 Å². The lowest BCUT2D eigenvalue weighted by Gasteiger charge is -2.17. The summed E-state index contributed by atoms with van der Waals surface area (Å²) in [5.74, 6) is -0.454. The molecule has 0 aromatic heterocycles. The fraction of sp³-hybridized carbons (Fsp3) is 0.500. The van der Waals surface area contributed by atoms with Gasteiger partial charge in [-0.2, -0.15) is 0 Å². The number of nitrogens with one attached hydrogen (secondary N) is 1. The summed E-state index contributed by atoms with van der Waals surface area (Å²) in [7, 11) is 0. The lowest BCUT2D eigenvalue weighted by atomic mass is 9.98. The molecular formula is C16H23NO3S. The van der Waals surface area contributed by atoms with Gasteiger partial charge in [-0.1, -0.05) is 39.8 Å². The Morgan fingerprint density at radius 3 is 2.29 bits per heavy atom. The number of carboxylic acid groups (broad SMARTS) is 1. The van der Waals surface area contributed by atoms with Gasteiger partial charge in [0.25, 0.3) is 0 Å². The molecule has 1 aromatic carbocycles. The Morgan fingerprint density at radius 1 is 1.24 bits per heavy atom. The number of carbonyl (C=O) groups is 2. The Labute approximate surface area is 130 Å². The lowest BCUT2D eigenvalue weighted by Crippen LogP contribution is -2.18. The number of rotatable bonds is 6. The summed E-state index contributed by atoms with van der Waals surface area (Å²) in [6, 6.07) is 7.35. The Hall–Kier alpha value is -1.49. The number of hydrogen-bond acceptors (Lipinski definition) is 3. The fourth-order valence-corrected chi connectivity index (χ4v) is 2.39. The van der Waals surface area contributed by atoms with Gasteiger partial charge in [-0.3, -0.25) is 9.59 Å². The van der Waals surface area contributed by atoms with Crippen molar-refractivity contribution >= 4 is 29.3 Å². The van der Waals surface area contributed by atoms with E-state index in [0.29, 0.717) is 5.75 Å². The van der Waals surface area contributed by atoms with Crippen LogP contribution in [0, 0.1) is 0 Å². The number of carboxylic acids is 1. The predicted molar refractivity (Wildman–Crippen MR) is 88.0 cm³/mol. The van der Waals surface area contributed by atoms with Crippen molar-refractivity contribution in [3.63, 3.8) is 0 Å². The molecule has 0 saturated carbocycles. The highest BCUT2D eigenvalue weighted by Crippen LogP contribution is 2.24. The van der Waals surface area contributed by atoms with Crippen molar-refractivity contribution < 1.29 is 14.7 Å². The number of anilines is 1. The van der Waals surface area contributed by atoms with Crippen LogP contribution in [0.15, 0.2) is 24.3 Å². The van der Waals surface area contributed by atoms with Gasteiger partial charge in [0.2, 0.25) is 5.91 Å². The van der Waals surface area contributed by atoms with Crippen LogP contribution >= 0.6 is 11.8 Å². The van der Waals surface area contributed by atoms with Gasteiger partial charge in [0.1, 0.15) is 0 Å². The minimum Gasteiger partial charge on any atom is -0.481 e. The minimum absolute atomic E-state index is 0.0266. The minimum atomic E-state index is -0.806. The van der Waals surface area contributed by atoms with Crippen molar-refractivity contribution in [2.24, 2.45) is 0 Å². The van der Waals surface area contributed by atoms with Gasteiger partial charge < -0.3 is 10.4 Å². The zero-order valence-electron chi connectivity index (χ0n) is 13.0. The van der Waals surface area contributed by atoms with Gasteiger partial charge in [-0.25, -0.2) is 0 Å². The third-order valence-corrected chi connectivity index (χ3v) is 4.15. The topological polar surface area (TPSA) is 66.4 Å². The molecule has 1 amide bonds. The summed E-state index contributed by atoms with van der Waals surface area (Å²) < 4.78 is 0.0630. The summed E-state index contributed by atoms with van der Waals surface area (Å²) in [5.41, 5.74) is 1.69. The molecule has 1 rings (SSSR count). The molecule has 0 saturated heterocycles. The van der Waals surface area contributed by atoms with E-state index in [9.17, 15) is 9.59 Å². The Bertz CT molecular complexity index is 491. The van der Waals surface area contributed by atoms with Crippen molar-refractivity contribution in [3.05, 3.63) is 29.8 Å². The number of aliphatic carboxylic acids is 1. The predicted octanol–water partition coefficient (Wildman–Crippen LogP) is 3.74.